The lowest BCUT2D eigenvalue weighted by atomic mass is 9.96. The standard InChI is InChI=1S/C30H34F3N9O3/c1-2-19-15-18(3-4-21(19)29(45)42-13-11-41(12-14-42)28(44)20-6-9-35-10-7-20)16-37-27(43)26-36-17-23(38-26)24-22(5-8-34)39-40-25(24)30(31,32)33/h3-4,15,17,20,35H,2,5-7,9-14,16H2,1H3,(H,36,38)(H,37,43)(H,39,40). The zero-order valence-electron chi connectivity index (χ0n) is 24.8. The highest BCUT2D eigenvalue weighted by Gasteiger charge is 2.39. The van der Waals surface area contributed by atoms with E-state index in [9.17, 15) is 27.6 Å². The fraction of sp³-hybridized carbons (Fsp3) is 0.467. The summed E-state index contributed by atoms with van der Waals surface area (Å²) in [4.78, 5) is 49.3. The molecule has 15 heteroatoms. The predicted molar refractivity (Wildman–Crippen MR) is 156 cm³/mol. The average Bonchev–Trinajstić information content (AvgIpc) is 3.71. The van der Waals surface area contributed by atoms with Gasteiger partial charge in [0.25, 0.3) is 11.8 Å². The minimum absolute atomic E-state index is 0.0454. The summed E-state index contributed by atoms with van der Waals surface area (Å²) in [6, 6.07) is 7.10. The minimum Gasteiger partial charge on any atom is -0.345 e. The van der Waals surface area contributed by atoms with Gasteiger partial charge in [-0.2, -0.15) is 23.5 Å². The smallest absolute Gasteiger partial charge is 0.345 e. The summed E-state index contributed by atoms with van der Waals surface area (Å²) in [6.45, 7) is 5.65. The molecule has 0 atom stereocenters. The molecule has 2 saturated heterocycles. The van der Waals surface area contributed by atoms with E-state index in [0.717, 1.165) is 43.3 Å². The van der Waals surface area contributed by atoms with Crippen LogP contribution in [0.15, 0.2) is 24.4 Å². The summed E-state index contributed by atoms with van der Waals surface area (Å²) in [7, 11) is 0. The molecule has 0 spiro atoms. The number of H-pyrrole nitrogens is 2. The van der Waals surface area contributed by atoms with Gasteiger partial charge in [0.15, 0.2) is 11.5 Å². The topological polar surface area (TPSA) is 163 Å². The second kappa shape index (κ2) is 13.5. The van der Waals surface area contributed by atoms with Gasteiger partial charge >= 0.3 is 6.18 Å². The number of hydrogen-bond donors (Lipinski definition) is 4. The molecule has 238 valence electrons. The zero-order valence-corrected chi connectivity index (χ0v) is 24.8. The minimum atomic E-state index is -4.78. The number of benzene rings is 1. The first-order valence-electron chi connectivity index (χ1n) is 14.9. The van der Waals surface area contributed by atoms with E-state index in [0.29, 0.717) is 38.2 Å². The van der Waals surface area contributed by atoms with E-state index >= 15 is 0 Å². The molecule has 12 nitrogen and oxygen atoms in total. The average molecular weight is 626 g/mol. The Morgan fingerprint density at radius 1 is 1.11 bits per heavy atom. The predicted octanol–water partition coefficient (Wildman–Crippen LogP) is 2.66. The molecule has 0 saturated carbocycles. The van der Waals surface area contributed by atoms with E-state index in [4.69, 9.17) is 5.26 Å². The van der Waals surface area contributed by atoms with Gasteiger partial charge in [0.2, 0.25) is 5.91 Å². The van der Waals surface area contributed by atoms with Crippen LogP contribution in [0.4, 0.5) is 13.2 Å². The van der Waals surface area contributed by atoms with Crippen LogP contribution in [0.3, 0.4) is 0 Å². The van der Waals surface area contributed by atoms with Gasteiger partial charge in [-0.1, -0.05) is 19.1 Å². The summed E-state index contributed by atoms with van der Waals surface area (Å²) in [5.41, 5.74) is 0.385. The molecule has 4 heterocycles. The van der Waals surface area contributed by atoms with Gasteiger partial charge in [-0.3, -0.25) is 19.5 Å². The van der Waals surface area contributed by atoms with E-state index < -0.39 is 17.8 Å². The Balaban J connectivity index is 1.20. The number of hydrogen-bond acceptors (Lipinski definition) is 7. The van der Waals surface area contributed by atoms with Crippen molar-refractivity contribution in [3.05, 3.63) is 58.3 Å². The largest absolute Gasteiger partial charge is 0.435 e. The highest BCUT2D eigenvalue weighted by atomic mass is 19.4. The van der Waals surface area contributed by atoms with E-state index in [1.807, 2.05) is 17.9 Å². The van der Waals surface area contributed by atoms with Crippen LogP contribution >= 0.6 is 0 Å². The molecule has 0 bridgehead atoms. The van der Waals surface area contributed by atoms with Crippen LogP contribution in [-0.4, -0.2) is 87.0 Å². The van der Waals surface area contributed by atoms with Crippen molar-refractivity contribution in [3.8, 4) is 17.3 Å². The summed E-state index contributed by atoms with van der Waals surface area (Å²) in [5.74, 6) is -0.735. The van der Waals surface area contributed by atoms with Crippen LogP contribution in [0.1, 0.15) is 63.3 Å². The molecule has 3 aromatic rings. The molecule has 2 aliphatic rings. The van der Waals surface area contributed by atoms with Crippen molar-refractivity contribution in [1.82, 2.24) is 40.6 Å². The number of imidazole rings is 1. The lowest BCUT2D eigenvalue weighted by molar-refractivity contribution is -0.140. The van der Waals surface area contributed by atoms with Crippen LogP contribution in [-0.2, 0) is 30.4 Å². The molecule has 2 fully saturated rings. The van der Waals surface area contributed by atoms with Crippen LogP contribution in [0, 0.1) is 17.2 Å². The van der Waals surface area contributed by atoms with Crippen molar-refractivity contribution in [2.75, 3.05) is 39.3 Å². The first kappa shape index (κ1) is 31.7. The Kier molecular flexibility index (Phi) is 9.52. The van der Waals surface area contributed by atoms with Gasteiger partial charge in [-0.15, -0.1) is 0 Å². The maximum absolute atomic E-state index is 13.5. The summed E-state index contributed by atoms with van der Waals surface area (Å²) in [5, 5.41) is 20.5. The summed E-state index contributed by atoms with van der Waals surface area (Å²) in [6.07, 6.45) is -1.77. The number of nitrogens with one attached hydrogen (secondary N) is 4. The third kappa shape index (κ3) is 7.01. The zero-order chi connectivity index (χ0) is 32.1. The maximum Gasteiger partial charge on any atom is 0.435 e. The van der Waals surface area contributed by atoms with Crippen LogP contribution in [0.25, 0.3) is 11.3 Å². The molecule has 1 aromatic carbocycles. The van der Waals surface area contributed by atoms with Crippen molar-refractivity contribution in [2.24, 2.45) is 5.92 Å². The maximum atomic E-state index is 13.5. The molecule has 2 aromatic heterocycles. The van der Waals surface area contributed by atoms with Gasteiger partial charge in [0, 0.05) is 44.2 Å². The molecular formula is C30H34F3N9O3. The van der Waals surface area contributed by atoms with Crippen molar-refractivity contribution in [1.29, 1.82) is 5.26 Å². The van der Waals surface area contributed by atoms with Gasteiger partial charge in [0.05, 0.1) is 35.6 Å². The Bertz CT molecular complexity index is 1590. The third-order valence-electron chi connectivity index (χ3n) is 8.23. The Morgan fingerprint density at radius 2 is 1.82 bits per heavy atom. The lowest BCUT2D eigenvalue weighted by Gasteiger charge is -2.37. The van der Waals surface area contributed by atoms with E-state index in [1.54, 1.807) is 23.1 Å². The molecular weight excluding hydrogens is 591 g/mol. The molecule has 0 radical (unpaired) electrons. The molecule has 3 amide bonds. The van der Waals surface area contributed by atoms with E-state index in [-0.39, 0.29) is 53.5 Å². The number of halogens is 3. The highest BCUT2D eigenvalue weighted by molar-refractivity contribution is 5.96. The molecule has 2 aliphatic heterocycles. The monoisotopic (exact) mass is 625 g/mol. The number of aromatic amines is 2. The quantitative estimate of drug-likeness (QED) is 0.299. The Labute approximate surface area is 257 Å². The van der Waals surface area contributed by atoms with Crippen molar-refractivity contribution in [3.63, 3.8) is 0 Å². The van der Waals surface area contributed by atoms with E-state index in [2.05, 4.69) is 30.8 Å². The van der Waals surface area contributed by atoms with Crippen molar-refractivity contribution < 1.29 is 27.6 Å². The fourth-order valence-electron chi connectivity index (χ4n) is 5.80. The first-order chi connectivity index (χ1) is 21.6. The number of aryl methyl sites for hydroxylation is 1. The van der Waals surface area contributed by atoms with Gasteiger partial charge in [0.1, 0.15) is 0 Å². The first-order valence-corrected chi connectivity index (χ1v) is 14.9. The number of rotatable bonds is 8. The Morgan fingerprint density at radius 3 is 2.49 bits per heavy atom. The lowest BCUT2D eigenvalue weighted by Crippen LogP contribution is -2.52. The number of carbonyl (C=O) groups is 3. The summed E-state index contributed by atoms with van der Waals surface area (Å²) >= 11 is 0. The number of alkyl halides is 3. The Hall–Kier alpha value is -4.71. The number of piperidine rings is 1. The number of nitriles is 1. The molecule has 45 heavy (non-hydrogen) atoms. The SMILES string of the molecule is CCc1cc(CNC(=O)c2ncc(-c3c(C(F)(F)F)n[nH]c3CC#N)[nH]2)ccc1C(=O)N1CCN(C(=O)C2CCNCC2)CC1. The number of piperazine rings is 1. The van der Waals surface area contributed by atoms with Crippen molar-refractivity contribution in [2.45, 2.75) is 45.3 Å². The van der Waals surface area contributed by atoms with Gasteiger partial charge < -0.3 is 25.4 Å². The third-order valence-corrected chi connectivity index (χ3v) is 8.23. The highest BCUT2D eigenvalue weighted by Crippen LogP contribution is 2.37. The number of amides is 3. The number of nitrogens with zero attached hydrogens (tertiary/aromatic N) is 5. The summed E-state index contributed by atoms with van der Waals surface area (Å²) < 4.78 is 40.5. The normalized spacial score (nSPS) is 16.0. The van der Waals surface area contributed by atoms with Crippen molar-refractivity contribution >= 4 is 17.7 Å². The van der Waals surface area contributed by atoms with Crippen LogP contribution in [0.2, 0.25) is 0 Å². The van der Waals surface area contributed by atoms with E-state index in [1.165, 1.54) is 0 Å². The second-order valence-corrected chi connectivity index (χ2v) is 11.1. The molecule has 0 aliphatic carbocycles. The number of carbonyl (C=O) groups excluding carboxylic acids is 3. The molecule has 5 rings (SSSR count). The van der Waals surface area contributed by atoms with Gasteiger partial charge in [-0.25, -0.2) is 4.98 Å². The molecule has 4 N–H and O–H groups in total. The van der Waals surface area contributed by atoms with Crippen LogP contribution in [0.5, 0.6) is 0 Å². The molecule has 0 unspecified atom stereocenters. The second-order valence-electron chi connectivity index (χ2n) is 11.1. The van der Waals surface area contributed by atoms with Crippen LogP contribution < -0.4 is 10.6 Å². The number of aromatic nitrogens is 4. The fourth-order valence-corrected chi connectivity index (χ4v) is 5.80. The van der Waals surface area contributed by atoms with Gasteiger partial charge in [-0.05, 0) is 49.5 Å².